The molecule has 1 aliphatic heterocycles. The molecule has 2 aliphatic carbocycles. The number of nitrogens with one attached hydrogen (secondary N) is 2. The molecule has 3 fully saturated rings. The van der Waals surface area contributed by atoms with Crippen molar-refractivity contribution in [3.05, 3.63) is 0 Å². The van der Waals surface area contributed by atoms with Gasteiger partial charge in [-0.15, -0.1) is 0 Å². The molecule has 0 radical (unpaired) electrons. The van der Waals surface area contributed by atoms with Gasteiger partial charge in [-0.3, -0.25) is 14.5 Å². The molecule has 1 heterocycles. The van der Waals surface area contributed by atoms with E-state index in [-0.39, 0.29) is 17.7 Å². The van der Waals surface area contributed by atoms with Crippen molar-refractivity contribution in [2.45, 2.75) is 63.5 Å². The number of carbonyl (C=O) groups is 2. The van der Waals surface area contributed by atoms with Gasteiger partial charge in [0.2, 0.25) is 11.8 Å². The predicted octanol–water partition coefficient (Wildman–Crippen LogP) is 1.04. The maximum absolute atomic E-state index is 12.1. The van der Waals surface area contributed by atoms with Crippen LogP contribution in [0.3, 0.4) is 0 Å². The fourth-order valence-electron chi connectivity index (χ4n) is 3.46. The summed E-state index contributed by atoms with van der Waals surface area (Å²) in [5, 5.41) is 6.22. The molecule has 3 aliphatic rings. The van der Waals surface area contributed by atoms with Crippen LogP contribution in [0.25, 0.3) is 0 Å². The number of likely N-dealkylation sites (tertiary alicyclic amines) is 1. The quantitative estimate of drug-likeness (QED) is 0.796. The van der Waals surface area contributed by atoms with Crippen molar-refractivity contribution in [3.8, 4) is 0 Å². The van der Waals surface area contributed by atoms with Gasteiger partial charge in [-0.25, -0.2) is 0 Å². The first-order chi connectivity index (χ1) is 10.2. The highest BCUT2D eigenvalue weighted by Crippen LogP contribution is 2.22. The van der Waals surface area contributed by atoms with E-state index in [9.17, 15) is 9.59 Å². The topological polar surface area (TPSA) is 61.4 Å². The summed E-state index contributed by atoms with van der Waals surface area (Å²) in [4.78, 5) is 26.2. The van der Waals surface area contributed by atoms with Crippen molar-refractivity contribution < 1.29 is 9.59 Å². The van der Waals surface area contributed by atoms with Gasteiger partial charge in [0.1, 0.15) is 0 Å². The van der Waals surface area contributed by atoms with Gasteiger partial charge >= 0.3 is 0 Å². The Hall–Kier alpha value is -1.10. The normalized spacial score (nSPS) is 27.5. The van der Waals surface area contributed by atoms with Crippen LogP contribution in [0.1, 0.15) is 51.4 Å². The molecule has 2 saturated carbocycles. The summed E-state index contributed by atoms with van der Waals surface area (Å²) in [6.07, 6.45) is 9.16. The number of hydrogen-bond acceptors (Lipinski definition) is 3. The van der Waals surface area contributed by atoms with Gasteiger partial charge in [0.25, 0.3) is 0 Å². The lowest BCUT2D eigenvalue weighted by atomic mass is 9.95. The third-order valence-electron chi connectivity index (χ3n) is 4.90. The van der Waals surface area contributed by atoms with Crippen molar-refractivity contribution in [2.75, 3.05) is 19.6 Å². The third kappa shape index (κ3) is 4.43. The first-order valence-electron chi connectivity index (χ1n) is 8.53. The van der Waals surface area contributed by atoms with Gasteiger partial charge in [0, 0.05) is 18.6 Å². The lowest BCUT2D eigenvalue weighted by Gasteiger charge is -2.24. The Balaban J connectivity index is 1.37. The largest absolute Gasteiger partial charge is 0.353 e. The minimum absolute atomic E-state index is 0.0769. The SMILES string of the molecule is O=C(CN1CCC(C(=O)NC2CC2)C1)NC1CCCCC1. The lowest BCUT2D eigenvalue weighted by Crippen LogP contribution is -2.42. The average Bonchev–Trinajstić information content (AvgIpc) is 3.16. The van der Waals surface area contributed by atoms with E-state index in [0.29, 0.717) is 18.6 Å². The summed E-state index contributed by atoms with van der Waals surface area (Å²) in [5.74, 6) is 0.394. The minimum atomic E-state index is 0.0769. The lowest BCUT2D eigenvalue weighted by molar-refractivity contribution is -0.126. The molecule has 0 aromatic heterocycles. The molecule has 1 unspecified atom stereocenters. The summed E-state index contributed by atoms with van der Waals surface area (Å²) in [5.41, 5.74) is 0. The highest BCUT2D eigenvalue weighted by molar-refractivity contribution is 5.81. The Kier molecular flexibility index (Phi) is 4.78. The van der Waals surface area contributed by atoms with Crippen LogP contribution in [0.4, 0.5) is 0 Å². The van der Waals surface area contributed by atoms with E-state index in [0.717, 1.165) is 45.2 Å². The molecule has 0 spiro atoms. The Morgan fingerprint density at radius 3 is 2.33 bits per heavy atom. The van der Waals surface area contributed by atoms with Crippen molar-refractivity contribution in [1.82, 2.24) is 15.5 Å². The fraction of sp³-hybridized carbons (Fsp3) is 0.875. The van der Waals surface area contributed by atoms with E-state index < -0.39 is 0 Å². The second kappa shape index (κ2) is 6.77. The monoisotopic (exact) mass is 293 g/mol. The fourth-order valence-corrected chi connectivity index (χ4v) is 3.46. The predicted molar refractivity (Wildman–Crippen MR) is 80.7 cm³/mol. The highest BCUT2D eigenvalue weighted by atomic mass is 16.2. The van der Waals surface area contributed by atoms with Crippen molar-refractivity contribution in [2.24, 2.45) is 5.92 Å². The maximum atomic E-state index is 12.1. The highest BCUT2D eigenvalue weighted by Gasteiger charge is 2.32. The van der Waals surface area contributed by atoms with Gasteiger partial charge in [-0.1, -0.05) is 19.3 Å². The Morgan fingerprint density at radius 1 is 0.905 bits per heavy atom. The molecule has 0 bridgehead atoms. The van der Waals surface area contributed by atoms with Gasteiger partial charge < -0.3 is 10.6 Å². The summed E-state index contributed by atoms with van der Waals surface area (Å²) >= 11 is 0. The van der Waals surface area contributed by atoms with E-state index in [2.05, 4.69) is 15.5 Å². The van der Waals surface area contributed by atoms with Crippen LogP contribution in [0.15, 0.2) is 0 Å². The van der Waals surface area contributed by atoms with Crippen LogP contribution in [0.2, 0.25) is 0 Å². The van der Waals surface area contributed by atoms with E-state index in [1.165, 1.54) is 19.3 Å². The Bertz CT molecular complexity index is 389. The van der Waals surface area contributed by atoms with Crippen LogP contribution in [0.5, 0.6) is 0 Å². The summed E-state index contributed by atoms with van der Waals surface area (Å²) in [7, 11) is 0. The Morgan fingerprint density at radius 2 is 1.62 bits per heavy atom. The number of carbonyl (C=O) groups excluding carboxylic acids is 2. The Labute approximate surface area is 126 Å². The van der Waals surface area contributed by atoms with Crippen LogP contribution < -0.4 is 10.6 Å². The molecule has 0 aromatic rings. The maximum Gasteiger partial charge on any atom is 0.234 e. The molecule has 1 saturated heterocycles. The summed E-state index contributed by atoms with van der Waals surface area (Å²) in [6.45, 7) is 2.04. The second-order valence-corrected chi connectivity index (χ2v) is 6.91. The van der Waals surface area contributed by atoms with Crippen LogP contribution in [-0.2, 0) is 9.59 Å². The van der Waals surface area contributed by atoms with Gasteiger partial charge in [0.15, 0.2) is 0 Å². The second-order valence-electron chi connectivity index (χ2n) is 6.91. The van der Waals surface area contributed by atoms with E-state index in [4.69, 9.17) is 0 Å². The van der Waals surface area contributed by atoms with Crippen molar-refractivity contribution in [1.29, 1.82) is 0 Å². The third-order valence-corrected chi connectivity index (χ3v) is 4.90. The standard InChI is InChI=1S/C16H27N3O2/c20-15(17-13-4-2-1-3-5-13)11-19-9-8-12(10-19)16(21)18-14-6-7-14/h12-14H,1-11H2,(H,17,20)(H,18,21). The van der Waals surface area contributed by atoms with Crippen molar-refractivity contribution >= 4 is 11.8 Å². The van der Waals surface area contributed by atoms with Gasteiger partial charge in [0.05, 0.1) is 12.5 Å². The summed E-state index contributed by atoms with van der Waals surface area (Å²) in [6, 6.07) is 0.809. The zero-order valence-electron chi connectivity index (χ0n) is 12.8. The molecule has 1 atom stereocenters. The van der Waals surface area contributed by atoms with E-state index >= 15 is 0 Å². The van der Waals surface area contributed by atoms with Gasteiger partial charge in [-0.05, 0) is 38.6 Å². The first-order valence-corrected chi connectivity index (χ1v) is 8.53. The van der Waals surface area contributed by atoms with Gasteiger partial charge in [-0.2, -0.15) is 0 Å². The van der Waals surface area contributed by atoms with E-state index in [1.807, 2.05) is 0 Å². The zero-order valence-corrected chi connectivity index (χ0v) is 12.8. The number of hydrogen-bond donors (Lipinski definition) is 2. The molecule has 2 N–H and O–H groups in total. The molecule has 118 valence electrons. The summed E-state index contributed by atoms with van der Waals surface area (Å²) < 4.78 is 0. The average molecular weight is 293 g/mol. The van der Waals surface area contributed by atoms with Crippen LogP contribution in [-0.4, -0.2) is 48.4 Å². The van der Waals surface area contributed by atoms with E-state index in [1.54, 1.807) is 0 Å². The molecular weight excluding hydrogens is 266 g/mol. The number of nitrogens with zero attached hydrogens (tertiary/aromatic N) is 1. The molecule has 0 aromatic carbocycles. The zero-order chi connectivity index (χ0) is 14.7. The molecular formula is C16H27N3O2. The number of amides is 2. The number of rotatable bonds is 5. The molecule has 5 nitrogen and oxygen atoms in total. The minimum Gasteiger partial charge on any atom is -0.353 e. The molecule has 3 rings (SSSR count). The molecule has 5 heteroatoms. The first kappa shape index (κ1) is 14.8. The molecule has 21 heavy (non-hydrogen) atoms. The van der Waals surface area contributed by atoms with Crippen LogP contribution in [0, 0.1) is 5.92 Å². The smallest absolute Gasteiger partial charge is 0.234 e. The molecule has 2 amide bonds. The van der Waals surface area contributed by atoms with Crippen LogP contribution >= 0.6 is 0 Å². The van der Waals surface area contributed by atoms with Crippen molar-refractivity contribution in [3.63, 3.8) is 0 Å².